The molecule has 10 heteroatoms. The van der Waals surface area contributed by atoms with E-state index in [-0.39, 0.29) is 12.1 Å². The van der Waals surface area contributed by atoms with Crippen LogP contribution < -0.4 is 10.2 Å². The molecule has 1 aliphatic heterocycles. The Hall–Kier alpha value is -2.36. The van der Waals surface area contributed by atoms with Crippen molar-refractivity contribution < 1.29 is 27.6 Å². The molecule has 7 nitrogen and oxygen atoms in total. The molecule has 1 aliphatic carbocycles. The van der Waals surface area contributed by atoms with Gasteiger partial charge in [0.2, 0.25) is 11.9 Å². The largest absolute Gasteiger partial charge is 0.418 e. The van der Waals surface area contributed by atoms with Gasteiger partial charge in [0.05, 0.1) is 24.5 Å². The van der Waals surface area contributed by atoms with Crippen LogP contribution in [-0.4, -0.2) is 43.2 Å². The number of anilines is 2. The van der Waals surface area contributed by atoms with Gasteiger partial charge in [-0.3, -0.25) is 14.9 Å². The maximum Gasteiger partial charge on any atom is 0.418 e. The van der Waals surface area contributed by atoms with Crippen LogP contribution in [0.25, 0.3) is 0 Å². The van der Waals surface area contributed by atoms with Gasteiger partial charge in [-0.05, 0) is 18.2 Å². The Labute approximate surface area is 140 Å². The predicted molar refractivity (Wildman–Crippen MR) is 82.0 cm³/mol. The minimum atomic E-state index is -4.66. The van der Waals surface area contributed by atoms with E-state index in [0.29, 0.717) is 32.0 Å². The van der Waals surface area contributed by atoms with Crippen molar-refractivity contribution in [2.24, 2.45) is 5.92 Å². The van der Waals surface area contributed by atoms with Crippen LogP contribution in [0, 0.1) is 16.0 Å². The van der Waals surface area contributed by atoms with Crippen molar-refractivity contribution in [3.8, 4) is 0 Å². The molecule has 0 unspecified atom stereocenters. The SMILES string of the molecule is O=C(Nc1ccc(N2CCOCC2)cc1C(F)(F)F)[C@H]1C[C@H]1[N+](=O)[O-]. The fourth-order valence-corrected chi connectivity index (χ4v) is 2.82. The maximum absolute atomic E-state index is 13.4. The highest BCUT2D eigenvalue weighted by atomic mass is 19.4. The third-order valence-corrected chi connectivity index (χ3v) is 4.31. The quantitative estimate of drug-likeness (QED) is 0.658. The highest BCUT2D eigenvalue weighted by Crippen LogP contribution is 2.39. The van der Waals surface area contributed by atoms with Gasteiger partial charge in [-0.25, -0.2) is 0 Å². The van der Waals surface area contributed by atoms with Crippen LogP contribution in [-0.2, 0) is 15.7 Å². The Morgan fingerprint density at radius 2 is 2.00 bits per heavy atom. The Bertz CT molecular complexity index is 689. The summed E-state index contributed by atoms with van der Waals surface area (Å²) in [7, 11) is 0. The van der Waals surface area contributed by atoms with Crippen LogP contribution >= 0.6 is 0 Å². The summed E-state index contributed by atoms with van der Waals surface area (Å²) in [5.74, 6) is -1.64. The summed E-state index contributed by atoms with van der Waals surface area (Å²) >= 11 is 0. The second-order valence-corrected chi connectivity index (χ2v) is 6.01. The van der Waals surface area contributed by atoms with Gasteiger partial charge in [-0.2, -0.15) is 13.2 Å². The van der Waals surface area contributed by atoms with Gasteiger partial charge < -0.3 is 15.0 Å². The zero-order chi connectivity index (χ0) is 18.2. The van der Waals surface area contributed by atoms with E-state index in [0.717, 1.165) is 6.07 Å². The molecular weight excluding hydrogens is 343 g/mol. The minimum Gasteiger partial charge on any atom is -0.378 e. The Morgan fingerprint density at radius 1 is 1.32 bits per heavy atom. The number of hydrogen-bond donors (Lipinski definition) is 1. The van der Waals surface area contributed by atoms with Crippen LogP contribution in [0.1, 0.15) is 12.0 Å². The average molecular weight is 359 g/mol. The van der Waals surface area contributed by atoms with Gasteiger partial charge >= 0.3 is 6.18 Å². The van der Waals surface area contributed by atoms with E-state index < -0.39 is 34.5 Å². The normalized spacial score (nSPS) is 23.2. The predicted octanol–water partition coefficient (Wildman–Crippen LogP) is 2.15. The summed E-state index contributed by atoms with van der Waals surface area (Å²) in [6, 6.07) is 2.66. The molecule has 1 aromatic carbocycles. The van der Waals surface area contributed by atoms with E-state index in [1.807, 2.05) is 0 Å². The molecule has 1 saturated carbocycles. The number of amides is 1. The summed E-state index contributed by atoms with van der Waals surface area (Å²) in [6.07, 6.45) is -4.61. The monoisotopic (exact) mass is 359 g/mol. The summed E-state index contributed by atoms with van der Waals surface area (Å²) in [4.78, 5) is 23.7. The van der Waals surface area contributed by atoms with Gasteiger partial charge in [-0.1, -0.05) is 0 Å². The van der Waals surface area contributed by atoms with Gasteiger partial charge in [0.15, 0.2) is 0 Å². The number of alkyl halides is 3. The highest BCUT2D eigenvalue weighted by molar-refractivity contribution is 5.95. The first-order valence-corrected chi connectivity index (χ1v) is 7.75. The van der Waals surface area contributed by atoms with Gasteiger partial charge in [0.1, 0.15) is 5.92 Å². The first kappa shape index (κ1) is 17.5. The van der Waals surface area contributed by atoms with Crippen LogP contribution in [0.3, 0.4) is 0 Å². The van der Waals surface area contributed by atoms with Crippen molar-refractivity contribution in [1.29, 1.82) is 0 Å². The van der Waals surface area contributed by atoms with Crippen LogP contribution in [0.2, 0.25) is 0 Å². The maximum atomic E-state index is 13.4. The summed E-state index contributed by atoms with van der Waals surface area (Å²) < 4.78 is 45.3. The molecule has 2 aliphatic rings. The lowest BCUT2D eigenvalue weighted by molar-refractivity contribution is -0.497. The van der Waals surface area contributed by atoms with Crippen LogP contribution in [0.4, 0.5) is 24.5 Å². The fraction of sp³-hybridized carbons (Fsp3) is 0.533. The highest BCUT2D eigenvalue weighted by Gasteiger charge is 2.53. The van der Waals surface area contributed by atoms with Crippen molar-refractivity contribution in [3.05, 3.63) is 33.9 Å². The fourth-order valence-electron chi connectivity index (χ4n) is 2.82. The number of nitro groups is 1. The number of carbonyl (C=O) groups excluding carboxylic acids is 1. The molecule has 2 atom stereocenters. The number of morpholine rings is 1. The number of carbonyl (C=O) groups is 1. The summed E-state index contributed by atoms with van der Waals surface area (Å²) in [5.41, 5.74) is -0.963. The molecule has 1 saturated heterocycles. The lowest BCUT2D eigenvalue weighted by Gasteiger charge is -2.29. The molecule has 136 valence electrons. The average Bonchev–Trinajstić information content (AvgIpc) is 3.36. The molecule has 1 amide bonds. The molecule has 1 aromatic rings. The lowest BCUT2D eigenvalue weighted by atomic mass is 10.1. The number of nitrogens with one attached hydrogen (secondary N) is 1. The lowest BCUT2D eigenvalue weighted by Crippen LogP contribution is -2.36. The van der Waals surface area contributed by atoms with E-state index in [4.69, 9.17) is 4.74 Å². The number of nitrogens with zero attached hydrogens (tertiary/aromatic N) is 2. The number of halogens is 3. The zero-order valence-corrected chi connectivity index (χ0v) is 13.1. The topological polar surface area (TPSA) is 84.7 Å². The van der Waals surface area contributed by atoms with Crippen LogP contribution in [0.5, 0.6) is 0 Å². The molecule has 0 radical (unpaired) electrons. The first-order chi connectivity index (χ1) is 11.8. The van der Waals surface area contributed by atoms with Crippen LogP contribution in [0.15, 0.2) is 18.2 Å². The van der Waals surface area contributed by atoms with E-state index in [2.05, 4.69) is 5.32 Å². The summed E-state index contributed by atoms with van der Waals surface area (Å²) in [5, 5.41) is 12.8. The zero-order valence-electron chi connectivity index (χ0n) is 13.1. The van der Waals surface area contributed by atoms with Gasteiger partial charge in [0.25, 0.3) is 0 Å². The smallest absolute Gasteiger partial charge is 0.378 e. The number of hydrogen-bond acceptors (Lipinski definition) is 5. The molecular formula is C15H16F3N3O4. The molecule has 0 aromatic heterocycles. The second-order valence-electron chi connectivity index (χ2n) is 6.01. The Balaban J connectivity index is 1.81. The van der Waals surface area contributed by atoms with E-state index in [1.54, 1.807) is 4.90 Å². The molecule has 0 spiro atoms. The molecule has 3 rings (SSSR count). The molecule has 25 heavy (non-hydrogen) atoms. The van der Waals surface area contributed by atoms with Gasteiger partial charge in [0, 0.05) is 30.1 Å². The second kappa shape index (κ2) is 6.51. The number of benzene rings is 1. The van der Waals surface area contributed by atoms with Crippen molar-refractivity contribution in [1.82, 2.24) is 0 Å². The van der Waals surface area contributed by atoms with Crippen molar-refractivity contribution in [2.45, 2.75) is 18.6 Å². The molecule has 1 N–H and O–H groups in total. The third kappa shape index (κ3) is 3.84. The van der Waals surface area contributed by atoms with Crippen molar-refractivity contribution in [3.63, 3.8) is 0 Å². The first-order valence-electron chi connectivity index (χ1n) is 7.75. The molecule has 0 bridgehead atoms. The van der Waals surface area contributed by atoms with Crippen molar-refractivity contribution >= 4 is 17.3 Å². The third-order valence-electron chi connectivity index (χ3n) is 4.31. The molecule has 2 fully saturated rings. The number of ether oxygens (including phenoxy) is 1. The van der Waals surface area contributed by atoms with E-state index >= 15 is 0 Å². The minimum absolute atomic E-state index is 0.0477. The molecule has 1 heterocycles. The van der Waals surface area contributed by atoms with Gasteiger partial charge in [-0.15, -0.1) is 0 Å². The van der Waals surface area contributed by atoms with Crippen molar-refractivity contribution in [2.75, 3.05) is 36.5 Å². The standard InChI is InChI=1S/C15H16F3N3O4/c16-15(17,18)11-7-9(20-3-5-25-6-4-20)1-2-12(11)19-14(22)10-8-13(10)21(23)24/h1-2,7,10,13H,3-6,8H2,(H,19,22)/t10-,13+/m0/s1. The Morgan fingerprint density at radius 3 is 2.56 bits per heavy atom. The Kier molecular flexibility index (Phi) is 4.55. The summed E-state index contributed by atoms with van der Waals surface area (Å²) in [6.45, 7) is 1.83. The number of rotatable bonds is 4. The van der Waals surface area contributed by atoms with E-state index in [9.17, 15) is 28.1 Å². The van der Waals surface area contributed by atoms with E-state index in [1.165, 1.54) is 12.1 Å².